The van der Waals surface area contributed by atoms with Gasteiger partial charge in [-0.1, -0.05) is 6.07 Å². The summed E-state index contributed by atoms with van der Waals surface area (Å²) in [5.74, 6) is 2.73. The molecule has 1 saturated heterocycles. The third-order valence-electron chi connectivity index (χ3n) is 4.05. The van der Waals surface area contributed by atoms with Crippen molar-refractivity contribution in [3.63, 3.8) is 0 Å². The molecular weight excluding hydrogens is 316 g/mol. The molecular formula is C18H24N6O. The zero-order valence-corrected chi connectivity index (χ0v) is 14.5. The Kier molecular flexibility index (Phi) is 6.03. The van der Waals surface area contributed by atoms with Crippen LogP contribution in [0.25, 0.3) is 0 Å². The van der Waals surface area contributed by atoms with Crippen molar-refractivity contribution in [1.82, 2.24) is 20.2 Å². The summed E-state index contributed by atoms with van der Waals surface area (Å²) < 4.78 is 5.65. The molecule has 0 atom stereocenters. The first-order valence-electron chi connectivity index (χ1n) is 8.51. The molecule has 2 aromatic rings. The van der Waals surface area contributed by atoms with Gasteiger partial charge in [0, 0.05) is 45.6 Å². The molecule has 3 rings (SSSR count). The highest BCUT2D eigenvalue weighted by molar-refractivity contribution is 5.80. The minimum atomic E-state index is 0.568. The fraction of sp³-hybridized carbons (Fsp3) is 0.389. The molecule has 25 heavy (non-hydrogen) atoms. The zero-order valence-electron chi connectivity index (χ0n) is 14.5. The third-order valence-corrected chi connectivity index (χ3v) is 4.05. The Bertz CT molecular complexity index is 656. The van der Waals surface area contributed by atoms with Gasteiger partial charge in [0.25, 0.3) is 0 Å². The normalized spacial score (nSPS) is 15.2. The maximum absolute atomic E-state index is 5.65. The Morgan fingerprint density at radius 3 is 2.72 bits per heavy atom. The Labute approximate surface area is 148 Å². The van der Waals surface area contributed by atoms with Crippen molar-refractivity contribution in [2.75, 3.05) is 51.3 Å². The smallest absolute Gasteiger partial charge is 0.193 e. The van der Waals surface area contributed by atoms with E-state index in [4.69, 9.17) is 4.74 Å². The van der Waals surface area contributed by atoms with Crippen LogP contribution in [0.4, 0.5) is 5.82 Å². The number of piperazine rings is 1. The van der Waals surface area contributed by atoms with E-state index in [0.29, 0.717) is 13.2 Å². The predicted octanol–water partition coefficient (Wildman–Crippen LogP) is 1.25. The second-order valence-corrected chi connectivity index (χ2v) is 5.67. The van der Waals surface area contributed by atoms with E-state index < -0.39 is 0 Å². The molecule has 0 radical (unpaired) electrons. The van der Waals surface area contributed by atoms with E-state index in [1.165, 1.54) is 0 Å². The first-order chi connectivity index (χ1) is 12.4. The van der Waals surface area contributed by atoms with E-state index in [1.54, 1.807) is 12.4 Å². The Morgan fingerprint density at radius 2 is 2.04 bits per heavy atom. The summed E-state index contributed by atoms with van der Waals surface area (Å²) in [6, 6.07) is 9.79. The number of anilines is 1. The molecule has 1 fully saturated rings. The number of hydrogen-bond acceptors (Lipinski definition) is 5. The lowest BCUT2D eigenvalue weighted by molar-refractivity contribution is 0.314. The van der Waals surface area contributed by atoms with Gasteiger partial charge in [-0.05, 0) is 24.3 Å². The fourth-order valence-electron chi connectivity index (χ4n) is 2.78. The van der Waals surface area contributed by atoms with Gasteiger partial charge in [0.1, 0.15) is 18.2 Å². The first-order valence-corrected chi connectivity index (χ1v) is 8.51. The van der Waals surface area contributed by atoms with Crippen LogP contribution in [0.2, 0.25) is 0 Å². The SMILES string of the molecule is CN=C(NCCOc1cccnc1)N1CCN(c2ccccn2)CC1. The maximum Gasteiger partial charge on any atom is 0.193 e. The lowest BCUT2D eigenvalue weighted by atomic mass is 10.3. The molecule has 7 heteroatoms. The molecule has 1 aliphatic heterocycles. The van der Waals surface area contributed by atoms with Crippen LogP contribution < -0.4 is 15.0 Å². The van der Waals surface area contributed by atoms with E-state index in [-0.39, 0.29) is 0 Å². The lowest BCUT2D eigenvalue weighted by Gasteiger charge is -2.37. The number of pyridine rings is 2. The summed E-state index contributed by atoms with van der Waals surface area (Å²) >= 11 is 0. The van der Waals surface area contributed by atoms with E-state index in [9.17, 15) is 0 Å². The molecule has 3 heterocycles. The van der Waals surface area contributed by atoms with Gasteiger partial charge in [0.2, 0.25) is 0 Å². The lowest BCUT2D eigenvalue weighted by Crippen LogP contribution is -2.53. The van der Waals surface area contributed by atoms with Gasteiger partial charge in [-0.25, -0.2) is 4.98 Å². The summed E-state index contributed by atoms with van der Waals surface area (Å²) in [4.78, 5) is 17.4. The predicted molar refractivity (Wildman–Crippen MR) is 99.1 cm³/mol. The molecule has 7 nitrogen and oxygen atoms in total. The van der Waals surface area contributed by atoms with Crippen LogP contribution >= 0.6 is 0 Å². The molecule has 0 unspecified atom stereocenters. The Balaban J connectivity index is 1.42. The van der Waals surface area contributed by atoms with Gasteiger partial charge in [-0.3, -0.25) is 9.98 Å². The van der Waals surface area contributed by atoms with Crippen molar-refractivity contribution >= 4 is 11.8 Å². The van der Waals surface area contributed by atoms with Crippen LogP contribution in [0.1, 0.15) is 0 Å². The number of rotatable bonds is 5. The number of nitrogens with zero attached hydrogens (tertiary/aromatic N) is 5. The van der Waals surface area contributed by atoms with E-state index in [2.05, 4.69) is 36.1 Å². The number of hydrogen-bond donors (Lipinski definition) is 1. The minimum absolute atomic E-state index is 0.568. The van der Waals surface area contributed by atoms with Crippen LogP contribution in [0.3, 0.4) is 0 Å². The van der Waals surface area contributed by atoms with Crippen LogP contribution in [-0.2, 0) is 0 Å². The second kappa shape index (κ2) is 8.86. The van der Waals surface area contributed by atoms with E-state index >= 15 is 0 Å². The third kappa shape index (κ3) is 4.82. The summed E-state index contributed by atoms with van der Waals surface area (Å²) in [5, 5.41) is 3.36. The molecule has 0 saturated carbocycles. The molecule has 132 valence electrons. The number of aromatic nitrogens is 2. The summed E-state index contributed by atoms with van der Waals surface area (Å²) in [6.45, 7) is 4.97. The average molecular weight is 340 g/mol. The molecule has 0 bridgehead atoms. The highest BCUT2D eigenvalue weighted by atomic mass is 16.5. The van der Waals surface area contributed by atoms with Crippen molar-refractivity contribution in [3.05, 3.63) is 48.9 Å². The number of guanidine groups is 1. The Hall–Kier alpha value is -2.83. The first kappa shape index (κ1) is 17.0. The maximum atomic E-state index is 5.65. The Morgan fingerprint density at radius 1 is 1.16 bits per heavy atom. The van der Waals surface area contributed by atoms with Crippen LogP contribution in [-0.4, -0.2) is 67.2 Å². The molecule has 2 aromatic heterocycles. The molecule has 1 N–H and O–H groups in total. The van der Waals surface area contributed by atoms with Crippen molar-refractivity contribution in [2.45, 2.75) is 0 Å². The average Bonchev–Trinajstić information content (AvgIpc) is 2.70. The van der Waals surface area contributed by atoms with E-state index in [1.807, 2.05) is 37.5 Å². The summed E-state index contributed by atoms with van der Waals surface area (Å²) in [5.41, 5.74) is 0. The van der Waals surface area contributed by atoms with Crippen LogP contribution in [0.15, 0.2) is 53.9 Å². The topological polar surface area (TPSA) is 65.9 Å². The standard InChI is InChI=1S/C18H24N6O/c1-19-18(22-9-14-25-16-5-4-7-20-15-16)24-12-10-23(11-13-24)17-6-2-3-8-21-17/h2-8,15H,9-14H2,1H3,(H,19,22). The largest absolute Gasteiger partial charge is 0.490 e. The van der Waals surface area contributed by atoms with Gasteiger partial charge >= 0.3 is 0 Å². The summed E-state index contributed by atoms with van der Waals surface area (Å²) in [6.07, 6.45) is 5.29. The molecule has 0 aliphatic carbocycles. The zero-order chi connectivity index (χ0) is 17.3. The van der Waals surface area contributed by atoms with Gasteiger partial charge in [-0.15, -0.1) is 0 Å². The van der Waals surface area contributed by atoms with Crippen LogP contribution in [0, 0.1) is 0 Å². The molecule has 0 aromatic carbocycles. The number of nitrogens with one attached hydrogen (secondary N) is 1. The summed E-state index contributed by atoms with van der Waals surface area (Å²) in [7, 11) is 1.81. The van der Waals surface area contributed by atoms with Gasteiger partial charge in [-0.2, -0.15) is 0 Å². The quantitative estimate of drug-likeness (QED) is 0.502. The van der Waals surface area contributed by atoms with Gasteiger partial charge < -0.3 is 19.9 Å². The van der Waals surface area contributed by atoms with Crippen molar-refractivity contribution in [3.8, 4) is 5.75 Å². The molecule has 0 amide bonds. The highest BCUT2D eigenvalue weighted by Gasteiger charge is 2.20. The van der Waals surface area contributed by atoms with Crippen molar-refractivity contribution < 1.29 is 4.74 Å². The number of ether oxygens (including phenoxy) is 1. The number of aliphatic imine (C=N–C) groups is 1. The van der Waals surface area contributed by atoms with Crippen molar-refractivity contribution in [2.24, 2.45) is 4.99 Å². The molecule has 1 aliphatic rings. The van der Waals surface area contributed by atoms with Gasteiger partial charge in [0.15, 0.2) is 5.96 Å². The van der Waals surface area contributed by atoms with Gasteiger partial charge in [0.05, 0.1) is 12.7 Å². The highest BCUT2D eigenvalue weighted by Crippen LogP contribution is 2.12. The molecule has 0 spiro atoms. The second-order valence-electron chi connectivity index (χ2n) is 5.67. The minimum Gasteiger partial charge on any atom is -0.490 e. The fourth-order valence-corrected chi connectivity index (χ4v) is 2.78. The monoisotopic (exact) mass is 340 g/mol. The van der Waals surface area contributed by atoms with Crippen LogP contribution in [0.5, 0.6) is 5.75 Å². The van der Waals surface area contributed by atoms with Crippen molar-refractivity contribution in [1.29, 1.82) is 0 Å². The van der Waals surface area contributed by atoms with E-state index in [0.717, 1.165) is 43.7 Å².